The van der Waals surface area contributed by atoms with E-state index >= 15 is 0 Å². The Labute approximate surface area is 107 Å². The van der Waals surface area contributed by atoms with E-state index < -0.39 is 5.97 Å². The molecule has 0 fully saturated rings. The van der Waals surface area contributed by atoms with Gasteiger partial charge in [0.25, 0.3) is 5.91 Å². The molecule has 0 aliphatic carbocycles. The van der Waals surface area contributed by atoms with Crippen molar-refractivity contribution in [3.8, 4) is 0 Å². The van der Waals surface area contributed by atoms with Gasteiger partial charge >= 0.3 is 5.97 Å². The fourth-order valence-electron chi connectivity index (χ4n) is 1.43. The van der Waals surface area contributed by atoms with Crippen molar-refractivity contribution >= 4 is 11.9 Å². The number of rotatable bonds is 5. The Bertz CT molecular complexity index is 426. The smallest absolute Gasteiger partial charge is 0.335 e. The van der Waals surface area contributed by atoms with E-state index in [0.29, 0.717) is 12.1 Å². The molecule has 5 nitrogen and oxygen atoms in total. The minimum Gasteiger partial charge on any atom is -0.478 e. The Morgan fingerprint density at radius 2 is 1.50 bits per heavy atom. The zero-order chi connectivity index (χ0) is 13.7. The van der Waals surface area contributed by atoms with Gasteiger partial charge in [-0.3, -0.25) is 4.79 Å². The van der Waals surface area contributed by atoms with Crippen LogP contribution in [0.2, 0.25) is 0 Å². The summed E-state index contributed by atoms with van der Waals surface area (Å²) >= 11 is 0. The highest BCUT2D eigenvalue weighted by atomic mass is 16.4. The fraction of sp³-hybridized carbons (Fsp3) is 0.385. The van der Waals surface area contributed by atoms with Gasteiger partial charge in [-0.1, -0.05) is 0 Å². The number of carboxylic acid groups (broad SMARTS) is 1. The Kier molecular flexibility index (Phi) is 4.85. The van der Waals surface area contributed by atoms with Crippen molar-refractivity contribution in [2.24, 2.45) is 0 Å². The molecule has 0 saturated heterocycles. The number of aromatic carboxylic acids is 1. The Morgan fingerprint density at radius 1 is 1.00 bits per heavy atom. The molecule has 0 aliphatic rings. The van der Waals surface area contributed by atoms with Gasteiger partial charge in [-0.15, -0.1) is 0 Å². The van der Waals surface area contributed by atoms with Crippen molar-refractivity contribution < 1.29 is 14.7 Å². The second-order valence-electron chi connectivity index (χ2n) is 4.41. The van der Waals surface area contributed by atoms with E-state index in [9.17, 15) is 9.59 Å². The van der Waals surface area contributed by atoms with Gasteiger partial charge in [0.1, 0.15) is 0 Å². The molecule has 0 unspecified atom stereocenters. The summed E-state index contributed by atoms with van der Waals surface area (Å²) < 4.78 is 0. The molecule has 18 heavy (non-hydrogen) atoms. The van der Waals surface area contributed by atoms with Crippen molar-refractivity contribution in [2.75, 3.05) is 34.2 Å². The summed E-state index contributed by atoms with van der Waals surface area (Å²) in [6.07, 6.45) is 0. The van der Waals surface area contributed by atoms with Crippen LogP contribution in [0.25, 0.3) is 0 Å². The highest BCUT2D eigenvalue weighted by Crippen LogP contribution is 2.07. The predicted octanol–water partition coefficient (Wildman–Crippen LogP) is 1.02. The van der Waals surface area contributed by atoms with Gasteiger partial charge in [0.2, 0.25) is 0 Å². The molecule has 1 rings (SSSR count). The molecular weight excluding hydrogens is 232 g/mol. The van der Waals surface area contributed by atoms with Gasteiger partial charge in [-0.05, 0) is 38.4 Å². The predicted molar refractivity (Wildman–Crippen MR) is 68.9 cm³/mol. The summed E-state index contributed by atoms with van der Waals surface area (Å²) in [4.78, 5) is 26.3. The molecule has 0 aliphatic heterocycles. The molecule has 1 N–H and O–H groups in total. The fourth-order valence-corrected chi connectivity index (χ4v) is 1.43. The average molecular weight is 250 g/mol. The van der Waals surface area contributed by atoms with Crippen LogP contribution in [0.1, 0.15) is 20.7 Å². The molecular formula is C13H18N2O3. The molecule has 0 spiro atoms. The monoisotopic (exact) mass is 250 g/mol. The number of hydrogen-bond acceptors (Lipinski definition) is 3. The molecule has 0 radical (unpaired) electrons. The summed E-state index contributed by atoms with van der Waals surface area (Å²) in [6, 6.07) is 5.96. The second kappa shape index (κ2) is 6.16. The highest BCUT2D eigenvalue weighted by Gasteiger charge is 2.12. The van der Waals surface area contributed by atoms with Crippen molar-refractivity contribution in [1.29, 1.82) is 0 Å². The lowest BCUT2D eigenvalue weighted by Crippen LogP contribution is -2.33. The summed E-state index contributed by atoms with van der Waals surface area (Å²) in [6.45, 7) is 1.42. The number of likely N-dealkylation sites (N-methyl/N-ethyl adjacent to an activating group) is 2. The van der Waals surface area contributed by atoms with Gasteiger partial charge in [0.15, 0.2) is 0 Å². The number of carbonyl (C=O) groups is 2. The van der Waals surface area contributed by atoms with Crippen molar-refractivity contribution in [3.63, 3.8) is 0 Å². The second-order valence-corrected chi connectivity index (χ2v) is 4.41. The molecule has 98 valence electrons. The van der Waals surface area contributed by atoms with Crippen LogP contribution in [0, 0.1) is 0 Å². The summed E-state index contributed by atoms with van der Waals surface area (Å²) in [5.74, 6) is -1.09. The number of amides is 1. The summed E-state index contributed by atoms with van der Waals surface area (Å²) in [7, 11) is 5.62. The first kappa shape index (κ1) is 14.2. The van der Waals surface area contributed by atoms with Crippen molar-refractivity contribution in [3.05, 3.63) is 35.4 Å². The molecule has 1 aromatic rings. The quantitative estimate of drug-likeness (QED) is 0.847. The number of benzene rings is 1. The number of nitrogens with zero attached hydrogens (tertiary/aromatic N) is 2. The van der Waals surface area contributed by atoms with Gasteiger partial charge in [0, 0.05) is 25.7 Å². The van der Waals surface area contributed by atoms with Gasteiger partial charge < -0.3 is 14.9 Å². The minimum atomic E-state index is -0.991. The molecule has 0 bridgehead atoms. The number of carbonyl (C=O) groups excluding carboxylic acids is 1. The molecule has 1 aromatic carbocycles. The molecule has 1 amide bonds. The van der Waals surface area contributed by atoms with Gasteiger partial charge in [-0.2, -0.15) is 0 Å². The van der Waals surface area contributed by atoms with E-state index in [1.807, 2.05) is 19.0 Å². The number of carboxylic acids is 1. The Hall–Kier alpha value is -1.88. The van der Waals surface area contributed by atoms with E-state index in [1.165, 1.54) is 24.3 Å². The van der Waals surface area contributed by atoms with E-state index in [2.05, 4.69) is 0 Å². The zero-order valence-electron chi connectivity index (χ0n) is 10.9. The third-order valence-corrected chi connectivity index (χ3v) is 2.61. The molecule has 5 heteroatoms. The van der Waals surface area contributed by atoms with Crippen molar-refractivity contribution in [2.45, 2.75) is 0 Å². The molecule has 0 saturated carbocycles. The molecule has 0 atom stereocenters. The van der Waals surface area contributed by atoms with Crippen LogP contribution < -0.4 is 0 Å². The minimum absolute atomic E-state index is 0.103. The van der Waals surface area contributed by atoms with Crippen LogP contribution in [0.15, 0.2) is 24.3 Å². The maximum absolute atomic E-state index is 12.0. The van der Waals surface area contributed by atoms with E-state index in [-0.39, 0.29) is 11.5 Å². The normalized spacial score (nSPS) is 10.4. The van der Waals surface area contributed by atoms with E-state index in [1.54, 1.807) is 11.9 Å². The van der Waals surface area contributed by atoms with Crippen LogP contribution >= 0.6 is 0 Å². The topological polar surface area (TPSA) is 60.9 Å². The van der Waals surface area contributed by atoms with E-state index in [4.69, 9.17) is 5.11 Å². The maximum Gasteiger partial charge on any atom is 0.335 e. The zero-order valence-corrected chi connectivity index (χ0v) is 10.9. The first-order valence-corrected chi connectivity index (χ1v) is 5.65. The standard InChI is InChI=1S/C13H18N2O3/c1-14(2)8-9-15(3)12(16)10-4-6-11(7-5-10)13(17)18/h4-7H,8-9H2,1-3H3,(H,17,18). The molecule has 0 heterocycles. The van der Waals surface area contributed by atoms with Gasteiger partial charge in [0.05, 0.1) is 5.56 Å². The third kappa shape index (κ3) is 3.85. The van der Waals surface area contributed by atoms with Crippen molar-refractivity contribution in [1.82, 2.24) is 9.80 Å². The van der Waals surface area contributed by atoms with Crippen LogP contribution in [0.4, 0.5) is 0 Å². The van der Waals surface area contributed by atoms with Crippen LogP contribution in [-0.2, 0) is 0 Å². The lowest BCUT2D eigenvalue weighted by atomic mass is 10.1. The first-order valence-electron chi connectivity index (χ1n) is 5.65. The van der Waals surface area contributed by atoms with Crippen LogP contribution in [-0.4, -0.2) is 61.0 Å². The SMILES string of the molecule is CN(C)CCN(C)C(=O)c1ccc(C(=O)O)cc1. The summed E-state index contributed by atoms with van der Waals surface area (Å²) in [5, 5.41) is 8.77. The maximum atomic E-state index is 12.0. The number of hydrogen-bond donors (Lipinski definition) is 1. The average Bonchev–Trinajstić information content (AvgIpc) is 2.35. The van der Waals surface area contributed by atoms with Gasteiger partial charge in [-0.25, -0.2) is 4.79 Å². The Balaban J connectivity index is 2.69. The lowest BCUT2D eigenvalue weighted by molar-refractivity contribution is 0.0695. The first-order chi connectivity index (χ1) is 8.41. The largest absolute Gasteiger partial charge is 0.478 e. The van der Waals surface area contributed by atoms with Crippen LogP contribution in [0.3, 0.4) is 0 Å². The van der Waals surface area contributed by atoms with Crippen LogP contribution in [0.5, 0.6) is 0 Å². The Morgan fingerprint density at radius 3 is 1.94 bits per heavy atom. The third-order valence-electron chi connectivity index (χ3n) is 2.61. The summed E-state index contributed by atoms with van der Waals surface area (Å²) in [5.41, 5.74) is 0.684. The lowest BCUT2D eigenvalue weighted by Gasteiger charge is -2.19. The highest BCUT2D eigenvalue weighted by molar-refractivity contribution is 5.95. The van der Waals surface area contributed by atoms with E-state index in [0.717, 1.165) is 6.54 Å². The molecule has 0 aromatic heterocycles.